The fraction of sp³-hybridized carbons (Fsp3) is 0.882. The molecule has 0 bridgehead atoms. The second kappa shape index (κ2) is 7.28. The van der Waals surface area contributed by atoms with Crippen molar-refractivity contribution < 1.29 is 9.26 Å². The van der Waals surface area contributed by atoms with Crippen LogP contribution in [0.3, 0.4) is 0 Å². The summed E-state index contributed by atoms with van der Waals surface area (Å²) in [6, 6.07) is 0.800. The molecular weight excluding hydrogens is 292 g/mol. The highest BCUT2D eigenvalue weighted by Crippen LogP contribution is 2.31. The summed E-state index contributed by atoms with van der Waals surface area (Å²) in [5.41, 5.74) is 0. The molecule has 1 aromatic heterocycles. The topological polar surface area (TPSA) is 54.6 Å². The van der Waals surface area contributed by atoms with Gasteiger partial charge in [-0.05, 0) is 32.2 Å². The first-order valence-corrected chi connectivity index (χ1v) is 9.25. The van der Waals surface area contributed by atoms with Crippen LogP contribution in [-0.2, 0) is 11.3 Å². The summed E-state index contributed by atoms with van der Waals surface area (Å²) in [5.74, 6) is 2.12. The average molecular weight is 320 g/mol. The van der Waals surface area contributed by atoms with Crippen LogP contribution in [0.25, 0.3) is 0 Å². The number of piperidine rings is 1. The lowest BCUT2D eigenvalue weighted by Gasteiger charge is -2.35. The van der Waals surface area contributed by atoms with E-state index in [-0.39, 0.29) is 0 Å². The summed E-state index contributed by atoms with van der Waals surface area (Å²) in [6.07, 6.45) is 7.98. The van der Waals surface area contributed by atoms with E-state index in [2.05, 4.69) is 15.0 Å². The fourth-order valence-corrected chi connectivity index (χ4v) is 4.27. The van der Waals surface area contributed by atoms with Gasteiger partial charge in [-0.15, -0.1) is 0 Å². The molecule has 1 saturated carbocycles. The van der Waals surface area contributed by atoms with E-state index in [9.17, 15) is 0 Å². The maximum atomic E-state index is 5.61. The van der Waals surface area contributed by atoms with Crippen LogP contribution in [0.1, 0.15) is 56.2 Å². The summed E-state index contributed by atoms with van der Waals surface area (Å²) in [5, 5.41) is 4.22. The molecule has 1 aromatic rings. The Morgan fingerprint density at radius 1 is 1.00 bits per heavy atom. The molecule has 0 N–H and O–H groups in total. The van der Waals surface area contributed by atoms with Crippen LogP contribution >= 0.6 is 0 Å². The van der Waals surface area contributed by atoms with E-state index in [0.717, 1.165) is 57.1 Å². The van der Waals surface area contributed by atoms with Crippen molar-refractivity contribution in [1.82, 2.24) is 19.9 Å². The first-order valence-electron chi connectivity index (χ1n) is 9.25. The van der Waals surface area contributed by atoms with Gasteiger partial charge in [0.15, 0.2) is 5.82 Å². The van der Waals surface area contributed by atoms with Crippen molar-refractivity contribution >= 4 is 0 Å². The Hall–Kier alpha value is -0.980. The number of likely N-dealkylation sites (tertiary alicyclic amines) is 1. The lowest BCUT2D eigenvalue weighted by molar-refractivity contribution is 0.0327. The molecule has 6 heteroatoms. The normalized spacial score (nSPS) is 28.4. The molecule has 128 valence electrons. The van der Waals surface area contributed by atoms with E-state index in [1.165, 1.54) is 45.1 Å². The van der Waals surface area contributed by atoms with Crippen molar-refractivity contribution in [3.63, 3.8) is 0 Å². The van der Waals surface area contributed by atoms with Gasteiger partial charge in [0.1, 0.15) is 0 Å². The van der Waals surface area contributed by atoms with E-state index >= 15 is 0 Å². The molecule has 1 atom stereocenters. The predicted octanol–water partition coefficient (Wildman–Crippen LogP) is 2.02. The van der Waals surface area contributed by atoms with Crippen molar-refractivity contribution in [3.8, 4) is 0 Å². The van der Waals surface area contributed by atoms with Crippen molar-refractivity contribution in [2.45, 2.75) is 57.0 Å². The predicted molar refractivity (Wildman–Crippen MR) is 86.2 cm³/mol. The summed E-state index contributed by atoms with van der Waals surface area (Å²) in [4.78, 5) is 9.71. The molecule has 6 nitrogen and oxygen atoms in total. The van der Waals surface area contributed by atoms with Gasteiger partial charge in [0.25, 0.3) is 0 Å². The average Bonchev–Trinajstić information content (AvgIpc) is 3.28. The molecule has 2 saturated heterocycles. The highest BCUT2D eigenvalue weighted by molar-refractivity contribution is 4.98. The Morgan fingerprint density at radius 3 is 2.65 bits per heavy atom. The lowest BCUT2D eigenvalue weighted by Crippen LogP contribution is -2.40. The lowest BCUT2D eigenvalue weighted by atomic mass is 9.96. The minimum atomic E-state index is 0.426. The number of hydrogen-bond acceptors (Lipinski definition) is 6. The zero-order valence-corrected chi connectivity index (χ0v) is 14.0. The maximum Gasteiger partial charge on any atom is 0.231 e. The molecule has 0 spiro atoms. The minimum Gasteiger partial charge on any atom is -0.379 e. The quantitative estimate of drug-likeness (QED) is 0.846. The number of nitrogens with zero attached hydrogens (tertiary/aromatic N) is 4. The minimum absolute atomic E-state index is 0.426. The highest BCUT2D eigenvalue weighted by atomic mass is 16.5. The Kier molecular flexibility index (Phi) is 4.92. The molecular formula is C17H28N4O2. The number of ether oxygens (including phenoxy) is 1. The van der Waals surface area contributed by atoms with Gasteiger partial charge in [-0.3, -0.25) is 9.80 Å². The van der Waals surface area contributed by atoms with Crippen LogP contribution in [0.5, 0.6) is 0 Å². The van der Waals surface area contributed by atoms with Crippen molar-refractivity contribution in [1.29, 1.82) is 0 Å². The number of hydrogen-bond donors (Lipinski definition) is 0. The van der Waals surface area contributed by atoms with Crippen molar-refractivity contribution in [3.05, 3.63) is 11.7 Å². The third-order valence-corrected chi connectivity index (χ3v) is 5.60. The van der Waals surface area contributed by atoms with Crippen LogP contribution in [0.2, 0.25) is 0 Å². The molecule has 23 heavy (non-hydrogen) atoms. The molecule has 3 fully saturated rings. The fourth-order valence-electron chi connectivity index (χ4n) is 4.27. The summed E-state index contributed by atoms with van der Waals surface area (Å²) >= 11 is 0. The molecule has 3 heterocycles. The van der Waals surface area contributed by atoms with Gasteiger partial charge in [0.05, 0.1) is 25.7 Å². The van der Waals surface area contributed by atoms with Gasteiger partial charge in [0, 0.05) is 25.7 Å². The third kappa shape index (κ3) is 3.75. The molecule has 3 aliphatic rings. The van der Waals surface area contributed by atoms with Crippen LogP contribution in [0.15, 0.2) is 4.52 Å². The highest BCUT2D eigenvalue weighted by Gasteiger charge is 2.31. The monoisotopic (exact) mass is 320 g/mol. The molecule has 4 rings (SSSR count). The van der Waals surface area contributed by atoms with Crippen molar-refractivity contribution in [2.75, 3.05) is 39.4 Å². The van der Waals surface area contributed by atoms with Crippen molar-refractivity contribution in [2.24, 2.45) is 0 Å². The molecule has 0 unspecified atom stereocenters. The third-order valence-electron chi connectivity index (χ3n) is 5.60. The van der Waals surface area contributed by atoms with Crippen LogP contribution < -0.4 is 0 Å². The SMILES string of the molecule is C1CCC(N2CCC[C@@H](c3nc(CN4CCOCC4)no3)C2)C1. The second-order valence-corrected chi connectivity index (χ2v) is 7.21. The molecule has 0 aromatic carbocycles. The Balaban J connectivity index is 1.35. The number of rotatable bonds is 4. The standard InChI is InChI=1S/C17H28N4O2/c1-2-6-15(5-1)21-7-3-4-14(12-21)17-18-16(19-23-17)13-20-8-10-22-11-9-20/h14-15H,1-13H2/t14-/m1/s1. The Morgan fingerprint density at radius 2 is 1.83 bits per heavy atom. The van der Waals surface area contributed by atoms with E-state index in [1.54, 1.807) is 0 Å². The van der Waals surface area contributed by atoms with Gasteiger partial charge < -0.3 is 9.26 Å². The number of aromatic nitrogens is 2. The first-order chi connectivity index (χ1) is 11.4. The van der Waals surface area contributed by atoms with E-state index < -0.39 is 0 Å². The largest absolute Gasteiger partial charge is 0.379 e. The zero-order valence-electron chi connectivity index (χ0n) is 14.0. The number of morpholine rings is 1. The van der Waals surface area contributed by atoms with Gasteiger partial charge in [-0.1, -0.05) is 18.0 Å². The van der Waals surface area contributed by atoms with Crippen LogP contribution in [0.4, 0.5) is 0 Å². The van der Waals surface area contributed by atoms with Crippen LogP contribution in [0, 0.1) is 0 Å². The molecule has 1 aliphatic carbocycles. The first kappa shape index (κ1) is 15.5. The van der Waals surface area contributed by atoms with Gasteiger partial charge in [0.2, 0.25) is 5.89 Å². The molecule has 0 radical (unpaired) electrons. The summed E-state index contributed by atoms with van der Waals surface area (Å²) < 4.78 is 11.0. The molecule has 2 aliphatic heterocycles. The van der Waals surface area contributed by atoms with Gasteiger partial charge >= 0.3 is 0 Å². The van der Waals surface area contributed by atoms with E-state index in [1.807, 2.05) is 0 Å². The summed E-state index contributed by atoms with van der Waals surface area (Å²) in [6.45, 7) is 6.67. The Labute approximate surface area is 138 Å². The summed E-state index contributed by atoms with van der Waals surface area (Å²) in [7, 11) is 0. The van der Waals surface area contributed by atoms with E-state index in [4.69, 9.17) is 14.2 Å². The smallest absolute Gasteiger partial charge is 0.231 e. The van der Waals surface area contributed by atoms with Crippen LogP contribution in [-0.4, -0.2) is 65.4 Å². The van der Waals surface area contributed by atoms with Gasteiger partial charge in [-0.25, -0.2) is 0 Å². The van der Waals surface area contributed by atoms with Gasteiger partial charge in [-0.2, -0.15) is 4.98 Å². The zero-order chi connectivity index (χ0) is 15.5. The second-order valence-electron chi connectivity index (χ2n) is 7.21. The Bertz CT molecular complexity index is 495. The van der Waals surface area contributed by atoms with E-state index in [0.29, 0.717) is 5.92 Å². The maximum absolute atomic E-state index is 5.61. The molecule has 0 amide bonds.